The lowest BCUT2D eigenvalue weighted by Gasteiger charge is -2.24. The van der Waals surface area contributed by atoms with E-state index in [0.717, 1.165) is 53.0 Å². The highest BCUT2D eigenvalue weighted by Crippen LogP contribution is 2.54. The summed E-state index contributed by atoms with van der Waals surface area (Å²) in [7, 11) is 0. The third-order valence-corrected chi connectivity index (χ3v) is 15.0. The van der Waals surface area contributed by atoms with Crippen molar-refractivity contribution in [2.75, 3.05) is 0 Å². The summed E-state index contributed by atoms with van der Waals surface area (Å²) in [5, 5.41) is 23.3. The molecule has 0 saturated heterocycles. The van der Waals surface area contributed by atoms with E-state index in [-0.39, 0.29) is 4.75 Å². The molecule has 0 N–H and O–H groups in total. The lowest BCUT2D eigenvalue weighted by atomic mass is 9.97. The van der Waals surface area contributed by atoms with Crippen molar-refractivity contribution >= 4 is 108 Å². The van der Waals surface area contributed by atoms with Gasteiger partial charge in [-0.15, -0.1) is 68.4 Å². The van der Waals surface area contributed by atoms with Crippen molar-refractivity contribution in [2.45, 2.75) is 18.1 Å². The second kappa shape index (κ2) is 13.5. The molecule has 0 bridgehead atoms. The molecule has 4 nitrogen and oxygen atoms in total. The number of pyridine rings is 2. The molecular formula is C39H24N4S6. The maximum atomic E-state index is 9.68. The molecule has 1 aliphatic heterocycles. The van der Waals surface area contributed by atoms with E-state index in [1.165, 1.54) is 19.5 Å². The molecule has 1 unspecified atom stereocenters. The number of fused-ring (bicyclic) bond motifs is 1. The van der Waals surface area contributed by atoms with Gasteiger partial charge in [0.25, 0.3) is 0 Å². The van der Waals surface area contributed by atoms with Crippen LogP contribution in [-0.4, -0.2) is 9.97 Å². The number of nitriles is 2. The van der Waals surface area contributed by atoms with Crippen LogP contribution in [0.4, 0.5) is 0 Å². The first-order chi connectivity index (χ1) is 24.0. The van der Waals surface area contributed by atoms with Crippen LogP contribution in [0.15, 0.2) is 102 Å². The van der Waals surface area contributed by atoms with Crippen molar-refractivity contribution in [1.82, 2.24) is 9.97 Å². The zero-order chi connectivity index (χ0) is 33.4. The zero-order valence-corrected chi connectivity index (χ0v) is 30.8. The molecule has 7 aromatic heterocycles. The molecule has 10 heteroatoms. The number of thiophene rings is 5. The van der Waals surface area contributed by atoms with E-state index in [1.807, 2.05) is 71.3 Å². The normalized spacial score (nSPS) is 16.5. The van der Waals surface area contributed by atoms with Gasteiger partial charge in [0.05, 0.1) is 22.2 Å². The molecule has 49 heavy (non-hydrogen) atoms. The highest BCUT2D eigenvalue weighted by molar-refractivity contribution is 8.09. The van der Waals surface area contributed by atoms with Gasteiger partial charge in [-0.25, -0.2) is 0 Å². The first-order valence-electron chi connectivity index (χ1n) is 15.3. The maximum absolute atomic E-state index is 9.68. The topological polar surface area (TPSA) is 73.4 Å². The number of rotatable bonds is 8. The highest BCUT2D eigenvalue weighted by atomic mass is 32.2. The van der Waals surface area contributed by atoms with Crippen molar-refractivity contribution in [3.8, 4) is 32.3 Å². The first-order valence-corrected chi connectivity index (χ1v) is 20.3. The molecular weight excluding hydrogens is 717 g/mol. The molecule has 0 fully saturated rings. The molecule has 0 saturated carbocycles. The van der Waals surface area contributed by atoms with E-state index in [0.29, 0.717) is 11.1 Å². The molecule has 1 aliphatic rings. The lowest BCUT2D eigenvalue weighted by molar-refractivity contribution is 0.716. The van der Waals surface area contributed by atoms with Gasteiger partial charge >= 0.3 is 0 Å². The Morgan fingerprint density at radius 3 is 1.98 bits per heavy atom. The van der Waals surface area contributed by atoms with Crippen molar-refractivity contribution in [1.29, 1.82) is 10.5 Å². The van der Waals surface area contributed by atoms with Crippen LogP contribution >= 0.6 is 68.4 Å². The summed E-state index contributed by atoms with van der Waals surface area (Å²) in [6, 6.07) is 29.7. The van der Waals surface area contributed by atoms with E-state index < -0.39 is 0 Å². The molecule has 8 rings (SSSR count). The van der Waals surface area contributed by atoms with Gasteiger partial charge < -0.3 is 0 Å². The van der Waals surface area contributed by atoms with Crippen LogP contribution in [0.2, 0.25) is 0 Å². The third-order valence-electron chi connectivity index (χ3n) is 8.17. The third kappa shape index (κ3) is 6.52. The largest absolute Gasteiger partial charge is 0.254 e. The second-order valence-electron chi connectivity index (χ2n) is 11.5. The number of hydrogen-bond donors (Lipinski definition) is 0. The smallest absolute Gasteiger partial charge is 0.101 e. The Morgan fingerprint density at radius 2 is 1.31 bits per heavy atom. The Morgan fingerprint density at radius 1 is 0.714 bits per heavy atom. The van der Waals surface area contributed by atoms with Gasteiger partial charge in [0.2, 0.25) is 0 Å². The average molecular weight is 741 g/mol. The van der Waals surface area contributed by atoms with E-state index in [9.17, 15) is 10.5 Å². The number of aromatic nitrogens is 2. The SMILES string of the molecule is CC1(c2cnc3cc(-c4ccc(-c5ccc(/C=C(\C#N)c6cccs6)s5)s4)cnc3c2)CC=C(c2ccc(/C=C(\C#N)c3cccs3)s2)S1. The summed E-state index contributed by atoms with van der Waals surface area (Å²) >= 11 is 10.2. The fourth-order valence-electron chi connectivity index (χ4n) is 5.58. The number of hydrogen-bond acceptors (Lipinski definition) is 10. The average Bonchev–Trinajstić information content (AvgIpc) is 3.98. The molecule has 0 amide bonds. The van der Waals surface area contributed by atoms with Gasteiger partial charge in [-0.05, 0) is 102 Å². The quantitative estimate of drug-likeness (QED) is 0.145. The van der Waals surface area contributed by atoms with Crippen LogP contribution in [0.5, 0.6) is 0 Å². The summed E-state index contributed by atoms with van der Waals surface area (Å²) in [5.41, 5.74) is 5.38. The molecule has 1 atom stereocenters. The molecule has 0 spiro atoms. The van der Waals surface area contributed by atoms with Crippen molar-refractivity contribution < 1.29 is 0 Å². The van der Waals surface area contributed by atoms with Crippen molar-refractivity contribution in [3.63, 3.8) is 0 Å². The number of allylic oxidation sites excluding steroid dienone is 3. The fraction of sp³-hybridized carbons (Fsp3) is 0.0769. The number of thioether (sulfide) groups is 1. The first kappa shape index (κ1) is 31.9. The van der Waals surface area contributed by atoms with Gasteiger partial charge in [-0.1, -0.05) is 18.2 Å². The highest BCUT2D eigenvalue weighted by Gasteiger charge is 2.34. The Hall–Kier alpha value is -4.39. The van der Waals surface area contributed by atoms with Crippen LogP contribution in [0.25, 0.3) is 59.4 Å². The summed E-state index contributed by atoms with van der Waals surface area (Å²) in [5.74, 6) is 0. The van der Waals surface area contributed by atoms with Gasteiger partial charge in [0, 0.05) is 66.6 Å². The van der Waals surface area contributed by atoms with Gasteiger partial charge in [-0.3, -0.25) is 9.97 Å². The van der Waals surface area contributed by atoms with E-state index in [1.54, 1.807) is 56.7 Å². The Labute approximate surface area is 308 Å². The second-order valence-corrected chi connectivity index (χ2v) is 18.2. The predicted octanol–water partition coefficient (Wildman–Crippen LogP) is 12.8. The molecule has 8 heterocycles. The van der Waals surface area contributed by atoms with E-state index in [2.05, 4.69) is 73.7 Å². The monoisotopic (exact) mass is 740 g/mol. The summed E-state index contributed by atoms with van der Waals surface area (Å²) in [4.78, 5) is 19.9. The van der Waals surface area contributed by atoms with Gasteiger partial charge in [0.15, 0.2) is 0 Å². The number of nitrogens with zero attached hydrogens (tertiary/aromatic N) is 4. The Balaban J connectivity index is 0.974. The van der Waals surface area contributed by atoms with Crippen LogP contribution in [0, 0.1) is 22.7 Å². The minimum absolute atomic E-state index is 0.138. The van der Waals surface area contributed by atoms with Crippen LogP contribution < -0.4 is 0 Å². The lowest BCUT2D eigenvalue weighted by Crippen LogP contribution is -2.13. The molecule has 236 valence electrons. The van der Waals surface area contributed by atoms with Crippen LogP contribution in [-0.2, 0) is 4.75 Å². The summed E-state index contributed by atoms with van der Waals surface area (Å²) in [6.45, 7) is 2.28. The van der Waals surface area contributed by atoms with Crippen LogP contribution in [0.1, 0.15) is 43.3 Å². The zero-order valence-electron chi connectivity index (χ0n) is 25.9. The summed E-state index contributed by atoms with van der Waals surface area (Å²) in [6.07, 6.45) is 11.1. The summed E-state index contributed by atoms with van der Waals surface area (Å²) < 4.78 is -0.138. The van der Waals surface area contributed by atoms with Crippen LogP contribution in [0.3, 0.4) is 0 Å². The fourth-order valence-corrected chi connectivity index (χ4v) is 11.4. The molecule has 0 radical (unpaired) electrons. The van der Waals surface area contributed by atoms with E-state index >= 15 is 0 Å². The molecule has 0 aliphatic carbocycles. The van der Waals surface area contributed by atoms with Crippen molar-refractivity contribution in [2.24, 2.45) is 0 Å². The molecule has 0 aromatic carbocycles. The maximum Gasteiger partial charge on any atom is 0.101 e. The van der Waals surface area contributed by atoms with Gasteiger partial charge in [0.1, 0.15) is 12.1 Å². The minimum atomic E-state index is -0.138. The van der Waals surface area contributed by atoms with Crippen molar-refractivity contribution in [3.05, 3.63) is 132 Å². The van der Waals surface area contributed by atoms with Gasteiger partial charge in [-0.2, -0.15) is 10.5 Å². The minimum Gasteiger partial charge on any atom is -0.254 e. The predicted molar refractivity (Wildman–Crippen MR) is 214 cm³/mol. The van der Waals surface area contributed by atoms with E-state index in [4.69, 9.17) is 9.97 Å². The molecule has 7 aromatic rings. The Bertz CT molecular complexity index is 2490. The Kier molecular flexibility index (Phi) is 8.77. The standard InChI is InChI=1S/C39H24N4S6/c1-39(13-12-38(49-39)37-9-7-29(47-37)17-25(21-41)33-5-3-15-45-33)27-19-31-30(43-23-27)18-26(22-42-31)34-10-11-36(48-34)35-8-6-28(46-35)16-24(20-40)32-4-2-14-44-32/h2-12,14-19,22-23H,13H2,1H3/b24-16+,25-17+.